The highest BCUT2D eigenvalue weighted by molar-refractivity contribution is 7.18. The lowest BCUT2D eigenvalue weighted by molar-refractivity contribution is 0.0415. The highest BCUT2D eigenvalue weighted by Crippen LogP contribution is 2.32. The molecular formula is C15H13ClO4S. The van der Waals surface area contributed by atoms with Crippen LogP contribution in [0.5, 0.6) is 11.5 Å². The van der Waals surface area contributed by atoms with Gasteiger partial charge in [-0.15, -0.1) is 11.3 Å². The molecule has 0 radical (unpaired) electrons. The molecule has 0 spiro atoms. The fraction of sp³-hybridized carbons (Fsp3) is 0.267. The second-order valence-electron chi connectivity index (χ2n) is 4.61. The maximum Gasteiger partial charge on any atom is 0.231 e. The Balaban J connectivity index is 1.60. The van der Waals surface area contributed by atoms with Crippen molar-refractivity contribution in [2.45, 2.75) is 19.6 Å². The molecule has 1 aliphatic rings. The number of Topliss-reactive ketones (excluding diaryl/α,β-unsaturated/α-hetero) is 1. The number of halogens is 1. The van der Waals surface area contributed by atoms with Gasteiger partial charge >= 0.3 is 0 Å². The summed E-state index contributed by atoms with van der Waals surface area (Å²) in [7, 11) is 0. The van der Waals surface area contributed by atoms with Crippen molar-refractivity contribution in [1.82, 2.24) is 0 Å². The van der Waals surface area contributed by atoms with Gasteiger partial charge < -0.3 is 14.2 Å². The van der Waals surface area contributed by atoms with Gasteiger partial charge in [0.25, 0.3) is 0 Å². The molecule has 0 aliphatic carbocycles. The zero-order valence-corrected chi connectivity index (χ0v) is 12.9. The second kappa shape index (κ2) is 6.05. The number of benzene rings is 1. The smallest absolute Gasteiger partial charge is 0.231 e. The van der Waals surface area contributed by atoms with Crippen molar-refractivity contribution in [2.24, 2.45) is 0 Å². The summed E-state index contributed by atoms with van der Waals surface area (Å²) in [5.74, 6) is 1.38. The minimum Gasteiger partial charge on any atom is -0.454 e. The molecule has 1 aromatic carbocycles. The van der Waals surface area contributed by atoms with Gasteiger partial charge in [0.15, 0.2) is 11.5 Å². The van der Waals surface area contributed by atoms with Crippen molar-refractivity contribution in [2.75, 3.05) is 6.79 Å². The summed E-state index contributed by atoms with van der Waals surface area (Å²) in [6, 6.07) is 9.03. The molecule has 0 amide bonds. The Morgan fingerprint density at radius 3 is 2.90 bits per heavy atom. The van der Waals surface area contributed by atoms with E-state index in [4.69, 9.17) is 25.8 Å². The van der Waals surface area contributed by atoms with Gasteiger partial charge in [0.05, 0.1) is 15.8 Å². The molecule has 0 N–H and O–H groups in total. The predicted octanol–water partition coefficient (Wildman–Crippen LogP) is 3.92. The first-order chi connectivity index (χ1) is 10.1. The van der Waals surface area contributed by atoms with E-state index in [1.165, 1.54) is 11.3 Å². The van der Waals surface area contributed by atoms with Crippen LogP contribution in [-0.2, 0) is 11.3 Å². The number of carbonyl (C=O) groups is 1. The van der Waals surface area contributed by atoms with Crippen LogP contribution in [0.2, 0.25) is 4.34 Å². The number of ether oxygens (including phenoxy) is 3. The Labute approximate surface area is 131 Å². The maximum atomic E-state index is 12.1. The minimum atomic E-state index is -0.523. The first kappa shape index (κ1) is 14.4. The third-order valence-electron chi connectivity index (χ3n) is 3.12. The second-order valence-corrected chi connectivity index (χ2v) is 6.32. The van der Waals surface area contributed by atoms with Crippen LogP contribution in [0, 0.1) is 0 Å². The summed E-state index contributed by atoms with van der Waals surface area (Å²) < 4.78 is 16.8. The third kappa shape index (κ3) is 3.20. The molecule has 4 nitrogen and oxygen atoms in total. The summed E-state index contributed by atoms with van der Waals surface area (Å²) in [5.41, 5.74) is 0.933. The van der Waals surface area contributed by atoms with E-state index < -0.39 is 6.10 Å². The number of thiophene rings is 1. The molecule has 21 heavy (non-hydrogen) atoms. The van der Waals surface area contributed by atoms with Crippen molar-refractivity contribution < 1.29 is 19.0 Å². The molecule has 110 valence electrons. The molecule has 1 atom stereocenters. The van der Waals surface area contributed by atoms with Crippen molar-refractivity contribution in [1.29, 1.82) is 0 Å². The summed E-state index contributed by atoms with van der Waals surface area (Å²) in [6.45, 7) is 2.32. The van der Waals surface area contributed by atoms with Crippen molar-refractivity contribution in [3.63, 3.8) is 0 Å². The zero-order valence-electron chi connectivity index (χ0n) is 11.3. The predicted molar refractivity (Wildman–Crippen MR) is 80.5 cm³/mol. The summed E-state index contributed by atoms with van der Waals surface area (Å²) in [5, 5.41) is 0. The van der Waals surface area contributed by atoms with Gasteiger partial charge in [-0.1, -0.05) is 17.7 Å². The summed E-state index contributed by atoms with van der Waals surface area (Å²) in [6.07, 6.45) is -0.523. The fourth-order valence-corrected chi connectivity index (χ4v) is 3.04. The molecule has 1 aliphatic heterocycles. The molecule has 6 heteroatoms. The lowest BCUT2D eigenvalue weighted by Gasteiger charge is -2.11. The Kier molecular flexibility index (Phi) is 4.14. The molecule has 2 heterocycles. The lowest BCUT2D eigenvalue weighted by atomic mass is 10.2. The lowest BCUT2D eigenvalue weighted by Crippen LogP contribution is -2.19. The van der Waals surface area contributed by atoms with E-state index in [9.17, 15) is 4.79 Å². The Hall–Kier alpha value is -1.56. The van der Waals surface area contributed by atoms with Crippen LogP contribution in [0.4, 0.5) is 0 Å². The Morgan fingerprint density at radius 2 is 2.14 bits per heavy atom. The van der Waals surface area contributed by atoms with Crippen LogP contribution in [-0.4, -0.2) is 18.7 Å². The van der Waals surface area contributed by atoms with Crippen LogP contribution >= 0.6 is 22.9 Å². The first-order valence-corrected chi connectivity index (χ1v) is 7.62. The number of rotatable bonds is 5. The molecule has 1 unspecified atom stereocenters. The largest absolute Gasteiger partial charge is 0.454 e. The van der Waals surface area contributed by atoms with Gasteiger partial charge in [0.2, 0.25) is 12.6 Å². The standard InChI is InChI=1S/C15H13ClO4S/c1-9(15(17)13-4-5-14(16)21-13)18-7-10-2-3-11-12(6-10)20-8-19-11/h2-6,9H,7-8H2,1H3. The van der Waals surface area contributed by atoms with Crippen LogP contribution in [0.25, 0.3) is 0 Å². The van der Waals surface area contributed by atoms with E-state index in [-0.39, 0.29) is 12.6 Å². The van der Waals surface area contributed by atoms with E-state index in [2.05, 4.69) is 0 Å². The topological polar surface area (TPSA) is 44.8 Å². The average molecular weight is 325 g/mol. The van der Waals surface area contributed by atoms with Gasteiger partial charge in [0.1, 0.15) is 6.10 Å². The highest BCUT2D eigenvalue weighted by Gasteiger charge is 2.18. The van der Waals surface area contributed by atoms with E-state index in [1.807, 2.05) is 18.2 Å². The Bertz CT molecular complexity index is 667. The Morgan fingerprint density at radius 1 is 1.33 bits per heavy atom. The summed E-state index contributed by atoms with van der Waals surface area (Å²) >= 11 is 7.10. The normalized spacial score (nSPS) is 14.2. The molecule has 0 fully saturated rings. The monoisotopic (exact) mass is 324 g/mol. The molecule has 3 rings (SSSR count). The van der Waals surface area contributed by atoms with Gasteiger partial charge in [-0.25, -0.2) is 0 Å². The number of fused-ring (bicyclic) bond motifs is 1. The van der Waals surface area contributed by atoms with Crippen LogP contribution in [0.3, 0.4) is 0 Å². The van der Waals surface area contributed by atoms with E-state index >= 15 is 0 Å². The summed E-state index contributed by atoms with van der Waals surface area (Å²) in [4.78, 5) is 12.8. The SMILES string of the molecule is CC(OCc1ccc2c(c1)OCO2)C(=O)c1ccc(Cl)s1. The van der Waals surface area contributed by atoms with Crippen LogP contribution in [0.1, 0.15) is 22.2 Å². The van der Waals surface area contributed by atoms with E-state index in [0.29, 0.717) is 21.6 Å². The van der Waals surface area contributed by atoms with E-state index in [1.54, 1.807) is 19.1 Å². The molecule has 2 aromatic rings. The molecule has 1 aromatic heterocycles. The quantitative estimate of drug-likeness (QED) is 0.782. The molecule has 0 saturated heterocycles. The highest BCUT2D eigenvalue weighted by atomic mass is 35.5. The number of hydrogen-bond acceptors (Lipinski definition) is 5. The number of ketones is 1. The third-order valence-corrected chi connectivity index (χ3v) is 4.37. The zero-order chi connectivity index (χ0) is 14.8. The minimum absolute atomic E-state index is 0.0624. The molecule has 0 bridgehead atoms. The van der Waals surface area contributed by atoms with E-state index in [0.717, 1.165) is 11.3 Å². The average Bonchev–Trinajstić information content (AvgIpc) is 3.11. The number of hydrogen-bond donors (Lipinski definition) is 0. The van der Waals surface area contributed by atoms with Crippen molar-refractivity contribution >= 4 is 28.7 Å². The van der Waals surface area contributed by atoms with Crippen LogP contribution < -0.4 is 9.47 Å². The van der Waals surface area contributed by atoms with Gasteiger partial charge in [-0.3, -0.25) is 4.79 Å². The van der Waals surface area contributed by atoms with Gasteiger partial charge in [-0.2, -0.15) is 0 Å². The van der Waals surface area contributed by atoms with Crippen molar-refractivity contribution in [3.8, 4) is 11.5 Å². The fourth-order valence-electron chi connectivity index (χ4n) is 1.97. The van der Waals surface area contributed by atoms with Gasteiger partial charge in [-0.05, 0) is 36.8 Å². The van der Waals surface area contributed by atoms with Crippen LogP contribution in [0.15, 0.2) is 30.3 Å². The molecule has 0 saturated carbocycles. The maximum absolute atomic E-state index is 12.1. The molecular weight excluding hydrogens is 312 g/mol. The first-order valence-electron chi connectivity index (χ1n) is 6.43. The van der Waals surface area contributed by atoms with Crippen molar-refractivity contribution in [3.05, 3.63) is 45.1 Å². The number of carbonyl (C=O) groups excluding carboxylic acids is 1. The van der Waals surface area contributed by atoms with Gasteiger partial charge in [0, 0.05) is 0 Å².